The minimum atomic E-state index is -3.98. The average Bonchev–Trinajstić information content (AvgIpc) is 3.29. The lowest BCUT2D eigenvalue weighted by Crippen LogP contribution is -2.41. The number of rotatable bonds is 8. The zero-order valence-corrected chi connectivity index (χ0v) is 21.7. The maximum absolute atomic E-state index is 13.7. The summed E-state index contributed by atoms with van der Waals surface area (Å²) in [4.78, 5) is 17.6. The van der Waals surface area contributed by atoms with Crippen LogP contribution < -0.4 is 9.62 Å². The van der Waals surface area contributed by atoms with Crippen LogP contribution in [0.2, 0.25) is 0 Å². The number of hydrogen-bond acceptors (Lipinski definition) is 4. The Kier molecular flexibility index (Phi) is 7.26. The molecule has 1 N–H and O–H groups in total. The number of carbonyl (C=O) groups excluding carboxylic acids is 1. The summed E-state index contributed by atoms with van der Waals surface area (Å²) in [5.41, 5.74) is 4.92. The fraction of sp³-hybridized carbons (Fsp3) is 0.214. The summed E-state index contributed by atoms with van der Waals surface area (Å²) in [6, 6.07) is 20.0. The van der Waals surface area contributed by atoms with E-state index in [0.29, 0.717) is 5.69 Å². The van der Waals surface area contributed by atoms with Gasteiger partial charge in [0.05, 0.1) is 16.3 Å². The normalized spacial score (nSPS) is 11.3. The average molecular weight is 503 g/mol. The summed E-state index contributed by atoms with van der Waals surface area (Å²) in [5, 5.41) is 2.91. The lowest BCUT2D eigenvalue weighted by Gasteiger charge is -2.26. The monoisotopic (exact) mass is 502 g/mol. The summed E-state index contributed by atoms with van der Waals surface area (Å²) < 4.78 is 30.5. The Morgan fingerprint density at radius 1 is 0.944 bits per heavy atom. The zero-order valence-electron chi connectivity index (χ0n) is 20.9. The van der Waals surface area contributed by atoms with E-state index in [-0.39, 0.29) is 18.0 Å². The number of sulfonamides is 1. The van der Waals surface area contributed by atoms with E-state index in [0.717, 1.165) is 33.8 Å². The van der Waals surface area contributed by atoms with Crippen LogP contribution in [0.15, 0.2) is 84.0 Å². The first-order chi connectivity index (χ1) is 17.2. The van der Waals surface area contributed by atoms with Crippen LogP contribution in [0.3, 0.4) is 0 Å². The molecule has 1 aromatic heterocycles. The Bertz CT molecular complexity index is 1490. The Labute approximate surface area is 212 Å². The standard InChI is InChI=1S/C28H30N4O3S/c1-20-10-13-25(14-11-20)36(34,35)32(27-17-21(2)9-12-22(27)3)19-28(33)30-18-24-7-5-6-8-26(24)31-16-15-29-23(31)4/h5-17H,18-19H2,1-4H3,(H,30,33). The number of aromatic nitrogens is 2. The molecule has 0 aliphatic carbocycles. The van der Waals surface area contributed by atoms with Crippen molar-refractivity contribution in [3.8, 4) is 5.69 Å². The van der Waals surface area contributed by atoms with Crippen molar-refractivity contribution in [1.82, 2.24) is 14.9 Å². The van der Waals surface area contributed by atoms with Crippen molar-refractivity contribution in [3.63, 3.8) is 0 Å². The third-order valence-corrected chi connectivity index (χ3v) is 7.86. The highest BCUT2D eigenvalue weighted by Crippen LogP contribution is 2.28. The maximum atomic E-state index is 13.7. The van der Waals surface area contributed by atoms with Gasteiger partial charge in [0.15, 0.2) is 0 Å². The van der Waals surface area contributed by atoms with Crippen molar-refractivity contribution in [3.05, 3.63) is 107 Å². The second kappa shape index (κ2) is 10.4. The summed E-state index contributed by atoms with van der Waals surface area (Å²) in [7, 11) is -3.98. The summed E-state index contributed by atoms with van der Waals surface area (Å²) in [6.45, 7) is 7.45. The predicted molar refractivity (Wildman–Crippen MR) is 142 cm³/mol. The van der Waals surface area contributed by atoms with Crippen LogP contribution in [0.5, 0.6) is 0 Å². The Balaban J connectivity index is 1.62. The topological polar surface area (TPSA) is 84.3 Å². The van der Waals surface area contributed by atoms with E-state index in [2.05, 4.69) is 10.3 Å². The van der Waals surface area contributed by atoms with E-state index >= 15 is 0 Å². The molecular formula is C28H30N4O3S. The molecule has 0 unspecified atom stereocenters. The van der Waals surface area contributed by atoms with Crippen LogP contribution in [0, 0.1) is 27.7 Å². The van der Waals surface area contributed by atoms with Crippen LogP contribution >= 0.6 is 0 Å². The second-order valence-electron chi connectivity index (χ2n) is 8.86. The molecule has 0 aliphatic heterocycles. The summed E-state index contributed by atoms with van der Waals surface area (Å²) >= 11 is 0. The van der Waals surface area contributed by atoms with E-state index in [1.807, 2.05) is 74.9 Å². The van der Waals surface area contributed by atoms with Gasteiger partial charge in [0.25, 0.3) is 10.0 Å². The number of carbonyl (C=O) groups is 1. The van der Waals surface area contributed by atoms with Crippen LogP contribution in [0.1, 0.15) is 28.1 Å². The van der Waals surface area contributed by atoms with Crippen molar-refractivity contribution in [1.29, 1.82) is 0 Å². The number of hydrogen-bond donors (Lipinski definition) is 1. The lowest BCUT2D eigenvalue weighted by molar-refractivity contribution is -0.119. The summed E-state index contributed by atoms with van der Waals surface area (Å²) in [5.74, 6) is 0.433. The highest BCUT2D eigenvalue weighted by Gasteiger charge is 2.28. The largest absolute Gasteiger partial charge is 0.350 e. The second-order valence-corrected chi connectivity index (χ2v) is 10.7. The number of nitrogens with zero attached hydrogens (tertiary/aromatic N) is 3. The summed E-state index contributed by atoms with van der Waals surface area (Å²) in [6.07, 6.45) is 3.59. The molecule has 4 rings (SSSR count). The molecule has 0 bridgehead atoms. The fourth-order valence-corrected chi connectivity index (χ4v) is 5.51. The molecule has 1 heterocycles. The molecule has 0 radical (unpaired) electrons. The predicted octanol–water partition coefficient (Wildman–Crippen LogP) is 4.62. The van der Waals surface area contributed by atoms with E-state index in [4.69, 9.17) is 0 Å². The molecule has 0 fully saturated rings. The van der Waals surface area contributed by atoms with E-state index < -0.39 is 15.9 Å². The van der Waals surface area contributed by atoms with E-state index in [9.17, 15) is 13.2 Å². The molecule has 0 saturated carbocycles. The molecule has 0 saturated heterocycles. The quantitative estimate of drug-likeness (QED) is 0.381. The number of aryl methyl sites for hydroxylation is 4. The number of imidazole rings is 1. The molecule has 0 atom stereocenters. The SMILES string of the molecule is Cc1ccc(S(=O)(=O)N(CC(=O)NCc2ccccc2-n2ccnc2C)c2cc(C)ccc2C)cc1. The highest BCUT2D eigenvalue weighted by atomic mass is 32.2. The van der Waals surface area contributed by atoms with E-state index in [1.165, 1.54) is 4.31 Å². The van der Waals surface area contributed by atoms with Gasteiger partial charge in [-0.15, -0.1) is 0 Å². The van der Waals surface area contributed by atoms with Gasteiger partial charge in [-0.2, -0.15) is 0 Å². The fourth-order valence-electron chi connectivity index (χ4n) is 4.03. The van der Waals surface area contributed by atoms with Crippen LogP contribution in [0.25, 0.3) is 5.69 Å². The number of nitrogens with one attached hydrogen (secondary N) is 1. The molecule has 0 aliphatic rings. The van der Waals surface area contributed by atoms with Gasteiger partial charge >= 0.3 is 0 Å². The van der Waals surface area contributed by atoms with Gasteiger partial charge in [-0.25, -0.2) is 13.4 Å². The van der Waals surface area contributed by atoms with Gasteiger partial charge in [0, 0.05) is 18.9 Å². The minimum absolute atomic E-state index is 0.141. The number of benzene rings is 3. The van der Waals surface area contributed by atoms with Crippen molar-refractivity contribution in [2.75, 3.05) is 10.8 Å². The zero-order chi connectivity index (χ0) is 25.9. The van der Waals surface area contributed by atoms with Crippen LogP contribution in [-0.2, 0) is 21.4 Å². The van der Waals surface area contributed by atoms with Crippen molar-refractivity contribution in [2.24, 2.45) is 0 Å². The Hall–Kier alpha value is -3.91. The molecule has 7 nitrogen and oxygen atoms in total. The number of para-hydroxylation sites is 1. The van der Waals surface area contributed by atoms with E-state index in [1.54, 1.807) is 36.5 Å². The van der Waals surface area contributed by atoms with Crippen molar-refractivity contribution in [2.45, 2.75) is 39.1 Å². The third kappa shape index (κ3) is 5.33. The lowest BCUT2D eigenvalue weighted by atomic mass is 10.1. The molecule has 1 amide bonds. The maximum Gasteiger partial charge on any atom is 0.264 e. The highest BCUT2D eigenvalue weighted by molar-refractivity contribution is 7.92. The Morgan fingerprint density at radius 2 is 1.64 bits per heavy atom. The minimum Gasteiger partial charge on any atom is -0.350 e. The Morgan fingerprint density at radius 3 is 2.33 bits per heavy atom. The van der Waals surface area contributed by atoms with Gasteiger partial charge in [0.2, 0.25) is 5.91 Å². The third-order valence-electron chi connectivity index (χ3n) is 6.08. The number of amides is 1. The molecule has 4 aromatic rings. The smallest absolute Gasteiger partial charge is 0.264 e. The van der Waals surface area contributed by atoms with Crippen LogP contribution in [-0.4, -0.2) is 30.4 Å². The van der Waals surface area contributed by atoms with Gasteiger partial charge < -0.3 is 9.88 Å². The van der Waals surface area contributed by atoms with Crippen molar-refractivity contribution < 1.29 is 13.2 Å². The van der Waals surface area contributed by atoms with Gasteiger partial charge in [-0.3, -0.25) is 9.10 Å². The molecular weight excluding hydrogens is 472 g/mol. The molecule has 0 spiro atoms. The molecule has 186 valence electrons. The molecule has 36 heavy (non-hydrogen) atoms. The molecule has 3 aromatic carbocycles. The number of anilines is 1. The first-order valence-corrected chi connectivity index (χ1v) is 13.1. The molecule has 8 heteroatoms. The van der Waals surface area contributed by atoms with Crippen LogP contribution in [0.4, 0.5) is 5.69 Å². The first-order valence-electron chi connectivity index (χ1n) is 11.7. The van der Waals surface area contributed by atoms with Crippen molar-refractivity contribution >= 4 is 21.6 Å². The first kappa shape index (κ1) is 25.2. The van der Waals surface area contributed by atoms with Gasteiger partial charge in [-0.05, 0) is 68.7 Å². The van der Waals surface area contributed by atoms with Gasteiger partial charge in [0.1, 0.15) is 12.4 Å². The van der Waals surface area contributed by atoms with Gasteiger partial charge in [-0.1, -0.05) is 48.0 Å².